The zero-order valence-corrected chi connectivity index (χ0v) is 12.5. The molecule has 2 aliphatic rings. The van der Waals surface area contributed by atoms with Gasteiger partial charge < -0.3 is 15.1 Å². The number of piperidine rings is 1. The molecule has 0 aromatic carbocycles. The molecule has 0 aromatic heterocycles. The fourth-order valence-electron chi connectivity index (χ4n) is 3.11. The van der Waals surface area contributed by atoms with Crippen LogP contribution >= 0.6 is 0 Å². The van der Waals surface area contributed by atoms with Crippen molar-refractivity contribution < 1.29 is 0 Å². The molecule has 0 bridgehead atoms. The van der Waals surface area contributed by atoms with Gasteiger partial charge in [0.15, 0.2) is 0 Å². The second-order valence-corrected chi connectivity index (χ2v) is 6.39. The lowest BCUT2D eigenvalue weighted by Crippen LogP contribution is -2.48. The van der Waals surface area contributed by atoms with Crippen LogP contribution in [0.1, 0.15) is 39.0 Å². The molecule has 18 heavy (non-hydrogen) atoms. The van der Waals surface area contributed by atoms with Crippen LogP contribution in [0.15, 0.2) is 0 Å². The summed E-state index contributed by atoms with van der Waals surface area (Å²) in [6.45, 7) is 7.32. The summed E-state index contributed by atoms with van der Waals surface area (Å²) in [5.74, 6) is 0.975. The van der Waals surface area contributed by atoms with Gasteiger partial charge in [-0.05, 0) is 71.8 Å². The Morgan fingerprint density at radius 3 is 2.33 bits per heavy atom. The van der Waals surface area contributed by atoms with Gasteiger partial charge in [-0.2, -0.15) is 0 Å². The molecule has 0 aromatic rings. The Balaban J connectivity index is 1.71. The minimum absolute atomic E-state index is 0.765. The minimum Gasteiger partial charge on any atom is -0.312 e. The summed E-state index contributed by atoms with van der Waals surface area (Å²) in [6, 6.07) is 1.57. The Bertz CT molecular complexity index is 230. The topological polar surface area (TPSA) is 18.5 Å². The van der Waals surface area contributed by atoms with Gasteiger partial charge in [-0.15, -0.1) is 0 Å². The summed E-state index contributed by atoms with van der Waals surface area (Å²) in [5, 5.41) is 3.76. The van der Waals surface area contributed by atoms with E-state index in [-0.39, 0.29) is 0 Å². The summed E-state index contributed by atoms with van der Waals surface area (Å²) in [6.07, 6.45) is 6.85. The van der Waals surface area contributed by atoms with E-state index < -0.39 is 0 Å². The van der Waals surface area contributed by atoms with Crippen LogP contribution in [0.3, 0.4) is 0 Å². The average molecular weight is 253 g/mol. The second kappa shape index (κ2) is 6.88. The molecule has 1 atom stereocenters. The summed E-state index contributed by atoms with van der Waals surface area (Å²) in [4.78, 5) is 5.08. The first-order valence-corrected chi connectivity index (χ1v) is 7.83. The number of likely N-dealkylation sites (tertiary alicyclic amines) is 1. The third-order valence-corrected chi connectivity index (χ3v) is 4.59. The van der Waals surface area contributed by atoms with Crippen molar-refractivity contribution in [1.29, 1.82) is 0 Å². The fourth-order valence-corrected chi connectivity index (χ4v) is 3.11. The van der Waals surface area contributed by atoms with Crippen LogP contribution in [0.5, 0.6) is 0 Å². The lowest BCUT2D eigenvalue weighted by molar-refractivity contribution is 0.132. The summed E-state index contributed by atoms with van der Waals surface area (Å²) in [5.41, 5.74) is 0. The molecule has 1 saturated carbocycles. The third kappa shape index (κ3) is 4.22. The molecule has 1 heterocycles. The molecule has 3 heteroatoms. The minimum atomic E-state index is 0.765. The molecule has 106 valence electrons. The molecule has 1 N–H and O–H groups in total. The van der Waals surface area contributed by atoms with Gasteiger partial charge in [0.05, 0.1) is 0 Å². The molecule has 0 amide bonds. The maximum absolute atomic E-state index is 3.76. The van der Waals surface area contributed by atoms with Crippen molar-refractivity contribution in [2.24, 2.45) is 5.92 Å². The molecular formula is C15H31N3. The van der Waals surface area contributed by atoms with E-state index in [4.69, 9.17) is 0 Å². The highest BCUT2D eigenvalue weighted by molar-refractivity contribution is 4.89. The molecule has 1 aliphatic heterocycles. The largest absolute Gasteiger partial charge is 0.312 e. The van der Waals surface area contributed by atoms with E-state index >= 15 is 0 Å². The van der Waals surface area contributed by atoms with Crippen LogP contribution in [0, 0.1) is 5.92 Å². The van der Waals surface area contributed by atoms with E-state index in [9.17, 15) is 0 Å². The first-order valence-electron chi connectivity index (χ1n) is 7.83. The van der Waals surface area contributed by atoms with Crippen molar-refractivity contribution >= 4 is 0 Å². The lowest BCUT2D eigenvalue weighted by Gasteiger charge is -2.37. The zero-order chi connectivity index (χ0) is 13.0. The molecule has 1 aliphatic carbocycles. The highest BCUT2D eigenvalue weighted by Crippen LogP contribution is 2.33. The number of nitrogens with zero attached hydrogens (tertiary/aromatic N) is 2. The Morgan fingerprint density at radius 2 is 1.83 bits per heavy atom. The number of nitrogens with one attached hydrogen (secondary N) is 1. The molecule has 0 spiro atoms. The van der Waals surface area contributed by atoms with E-state index in [1.165, 1.54) is 58.3 Å². The summed E-state index contributed by atoms with van der Waals surface area (Å²) in [7, 11) is 4.44. The Hall–Kier alpha value is -0.120. The van der Waals surface area contributed by atoms with Crippen LogP contribution in [0.25, 0.3) is 0 Å². The van der Waals surface area contributed by atoms with Crippen LogP contribution < -0.4 is 5.32 Å². The van der Waals surface area contributed by atoms with Crippen molar-refractivity contribution in [1.82, 2.24) is 15.1 Å². The lowest BCUT2D eigenvalue weighted by atomic mass is 10.0. The van der Waals surface area contributed by atoms with E-state index in [1.54, 1.807) is 0 Å². The standard InChI is InChI=1S/C15H31N3/c1-4-9-16-15(13-5-6-13)12-18-10-7-14(8-11-18)17(2)3/h13-16H,4-12H2,1-3H3. The van der Waals surface area contributed by atoms with Gasteiger partial charge in [0.25, 0.3) is 0 Å². The predicted molar refractivity (Wildman–Crippen MR) is 78.0 cm³/mol. The molecule has 2 rings (SSSR count). The molecule has 2 fully saturated rings. The van der Waals surface area contributed by atoms with Gasteiger partial charge in [-0.25, -0.2) is 0 Å². The van der Waals surface area contributed by atoms with Crippen LogP contribution in [-0.4, -0.2) is 62.2 Å². The van der Waals surface area contributed by atoms with Crippen LogP contribution in [0.2, 0.25) is 0 Å². The van der Waals surface area contributed by atoms with Crippen LogP contribution in [-0.2, 0) is 0 Å². The fraction of sp³-hybridized carbons (Fsp3) is 1.00. The van der Waals surface area contributed by atoms with Crippen LogP contribution in [0.4, 0.5) is 0 Å². The maximum Gasteiger partial charge on any atom is 0.0223 e. The number of rotatable bonds is 7. The van der Waals surface area contributed by atoms with Gasteiger partial charge >= 0.3 is 0 Å². The van der Waals surface area contributed by atoms with Gasteiger partial charge in [0.2, 0.25) is 0 Å². The number of hydrogen-bond acceptors (Lipinski definition) is 3. The van der Waals surface area contributed by atoms with Crippen molar-refractivity contribution in [3.05, 3.63) is 0 Å². The van der Waals surface area contributed by atoms with Crippen molar-refractivity contribution in [2.75, 3.05) is 40.3 Å². The molecule has 3 nitrogen and oxygen atoms in total. The smallest absolute Gasteiger partial charge is 0.0223 e. The Morgan fingerprint density at radius 1 is 1.17 bits per heavy atom. The van der Waals surface area contributed by atoms with E-state index in [0.717, 1.165) is 18.0 Å². The molecule has 0 radical (unpaired) electrons. The Kier molecular flexibility index (Phi) is 5.46. The molecule has 1 unspecified atom stereocenters. The quantitative estimate of drug-likeness (QED) is 0.746. The van der Waals surface area contributed by atoms with Gasteiger partial charge in [0.1, 0.15) is 0 Å². The maximum atomic E-state index is 3.76. The highest BCUT2D eigenvalue weighted by atomic mass is 15.2. The molecular weight excluding hydrogens is 222 g/mol. The zero-order valence-electron chi connectivity index (χ0n) is 12.5. The van der Waals surface area contributed by atoms with E-state index in [1.807, 2.05) is 0 Å². The van der Waals surface area contributed by atoms with Crippen molar-refractivity contribution in [3.8, 4) is 0 Å². The summed E-state index contributed by atoms with van der Waals surface area (Å²) < 4.78 is 0. The first kappa shape index (κ1) is 14.3. The van der Waals surface area contributed by atoms with Crippen molar-refractivity contribution in [2.45, 2.75) is 51.1 Å². The SMILES string of the molecule is CCCNC(CN1CCC(N(C)C)CC1)C1CC1. The highest BCUT2D eigenvalue weighted by Gasteiger charge is 2.32. The third-order valence-electron chi connectivity index (χ3n) is 4.59. The van der Waals surface area contributed by atoms with Gasteiger partial charge in [-0.1, -0.05) is 6.92 Å². The number of hydrogen-bond donors (Lipinski definition) is 1. The predicted octanol–water partition coefficient (Wildman–Crippen LogP) is 1.79. The average Bonchev–Trinajstić information content (AvgIpc) is 3.19. The first-order chi connectivity index (χ1) is 8.70. The van der Waals surface area contributed by atoms with Gasteiger partial charge in [0, 0.05) is 18.6 Å². The van der Waals surface area contributed by atoms with E-state index in [2.05, 4.69) is 36.1 Å². The summed E-state index contributed by atoms with van der Waals surface area (Å²) >= 11 is 0. The van der Waals surface area contributed by atoms with Gasteiger partial charge in [-0.3, -0.25) is 0 Å². The Labute approximate surface area is 113 Å². The van der Waals surface area contributed by atoms with Crippen molar-refractivity contribution in [3.63, 3.8) is 0 Å². The van der Waals surface area contributed by atoms with E-state index in [0.29, 0.717) is 0 Å². The normalized spacial score (nSPS) is 24.7. The molecule has 1 saturated heterocycles. The second-order valence-electron chi connectivity index (χ2n) is 6.39. The monoisotopic (exact) mass is 253 g/mol.